The molecule has 0 spiro atoms. The van der Waals surface area contributed by atoms with Crippen molar-refractivity contribution in [2.45, 2.75) is 31.8 Å². The Morgan fingerprint density at radius 3 is 2.85 bits per heavy atom. The van der Waals surface area contributed by atoms with E-state index in [9.17, 15) is 15.2 Å². The van der Waals surface area contributed by atoms with Crippen molar-refractivity contribution in [2.75, 3.05) is 32.1 Å². The summed E-state index contributed by atoms with van der Waals surface area (Å²) in [5, 5.41) is 21.6. The number of fused-ring (bicyclic) bond motifs is 1. The van der Waals surface area contributed by atoms with Gasteiger partial charge in [0.15, 0.2) is 0 Å². The van der Waals surface area contributed by atoms with Gasteiger partial charge in [0.2, 0.25) is 5.91 Å². The van der Waals surface area contributed by atoms with Crippen molar-refractivity contribution in [1.29, 1.82) is 5.26 Å². The number of para-hydroxylation sites is 1. The molecule has 1 aromatic heterocycles. The molecule has 1 saturated heterocycles. The Morgan fingerprint density at radius 2 is 2.15 bits per heavy atom. The minimum Gasteiger partial charge on any atom is -0.388 e. The number of anilines is 1. The minimum atomic E-state index is -1.10. The summed E-state index contributed by atoms with van der Waals surface area (Å²) in [5.74, 6) is 0.497. The molecule has 6 nitrogen and oxygen atoms in total. The lowest BCUT2D eigenvalue weighted by Gasteiger charge is -2.40. The highest BCUT2D eigenvalue weighted by atomic mass is 16.3. The van der Waals surface area contributed by atoms with Crippen molar-refractivity contribution in [1.82, 2.24) is 9.88 Å². The molecule has 1 N–H and O–H groups in total. The number of aliphatic hydroxyl groups is 1. The summed E-state index contributed by atoms with van der Waals surface area (Å²) < 4.78 is 0. The third-order valence-electron chi connectivity index (χ3n) is 5.08. The molecule has 0 saturated carbocycles. The molecule has 3 rings (SSSR count). The van der Waals surface area contributed by atoms with Gasteiger partial charge in [-0.25, -0.2) is 4.98 Å². The molecule has 1 aliphatic rings. The number of hydrogen-bond acceptors (Lipinski definition) is 5. The average Bonchev–Trinajstić information content (AvgIpc) is 2.61. The van der Waals surface area contributed by atoms with E-state index in [2.05, 4.69) is 6.07 Å². The number of carbonyl (C=O) groups excluding carboxylic acids is 1. The van der Waals surface area contributed by atoms with Gasteiger partial charge in [-0.1, -0.05) is 18.2 Å². The summed E-state index contributed by atoms with van der Waals surface area (Å²) in [6.45, 7) is 2.93. The number of aryl methyl sites for hydroxylation is 1. The maximum absolute atomic E-state index is 12.1. The number of amides is 1. The van der Waals surface area contributed by atoms with Gasteiger partial charge in [0.25, 0.3) is 0 Å². The molecule has 1 aromatic carbocycles. The molecule has 2 aromatic rings. The lowest BCUT2D eigenvalue weighted by Crippen LogP contribution is -2.51. The van der Waals surface area contributed by atoms with Gasteiger partial charge in [-0.2, -0.15) is 5.26 Å². The van der Waals surface area contributed by atoms with Crippen molar-refractivity contribution in [3.8, 4) is 6.07 Å². The summed E-state index contributed by atoms with van der Waals surface area (Å²) in [4.78, 5) is 20.2. The lowest BCUT2D eigenvalue weighted by atomic mass is 9.88. The van der Waals surface area contributed by atoms with Crippen LogP contribution in [0.25, 0.3) is 10.9 Å². The zero-order valence-electron chi connectivity index (χ0n) is 15.5. The number of nitriles is 1. The summed E-state index contributed by atoms with van der Waals surface area (Å²) in [5.41, 5.74) is 1.16. The van der Waals surface area contributed by atoms with Crippen molar-refractivity contribution < 1.29 is 9.90 Å². The van der Waals surface area contributed by atoms with E-state index < -0.39 is 5.60 Å². The summed E-state index contributed by atoms with van der Waals surface area (Å²) in [7, 11) is 3.38. The van der Waals surface area contributed by atoms with E-state index >= 15 is 0 Å². The second kappa shape index (κ2) is 6.93. The monoisotopic (exact) mass is 352 g/mol. The fourth-order valence-electron chi connectivity index (χ4n) is 3.60. The van der Waals surface area contributed by atoms with Crippen LogP contribution in [-0.2, 0) is 4.79 Å². The van der Waals surface area contributed by atoms with Crippen LogP contribution in [0.5, 0.6) is 0 Å². The van der Waals surface area contributed by atoms with Crippen LogP contribution in [0.4, 0.5) is 5.82 Å². The van der Waals surface area contributed by atoms with Gasteiger partial charge in [0.1, 0.15) is 11.9 Å². The average molecular weight is 352 g/mol. The number of nitrogens with zero attached hydrogens (tertiary/aromatic N) is 4. The molecule has 2 heterocycles. The van der Waals surface area contributed by atoms with Gasteiger partial charge < -0.3 is 14.9 Å². The van der Waals surface area contributed by atoms with Crippen molar-refractivity contribution in [2.24, 2.45) is 0 Å². The molecular weight excluding hydrogens is 328 g/mol. The zero-order valence-corrected chi connectivity index (χ0v) is 15.5. The normalized spacial score (nSPS) is 20.0. The molecule has 1 fully saturated rings. The van der Waals surface area contributed by atoms with Gasteiger partial charge in [-0.05, 0) is 31.4 Å². The van der Waals surface area contributed by atoms with Crippen molar-refractivity contribution >= 4 is 22.6 Å². The van der Waals surface area contributed by atoms with Crippen LogP contribution in [0.3, 0.4) is 0 Å². The molecule has 1 amide bonds. The molecule has 1 aliphatic heterocycles. The van der Waals surface area contributed by atoms with Crippen molar-refractivity contribution in [3.05, 3.63) is 35.4 Å². The first-order chi connectivity index (χ1) is 12.3. The molecule has 1 unspecified atom stereocenters. The fraction of sp³-hybridized carbons (Fsp3) is 0.450. The maximum Gasteiger partial charge on any atom is 0.225 e. The molecule has 136 valence electrons. The number of piperidine rings is 1. The summed E-state index contributed by atoms with van der Waals surface area (Å²) in [6, 6.07) is 10.0. The number of aromatic nitrogens is 1. The zero-order chi connectivity index (χ0) is 18.9. The Labute approximate surface area is 153 Å². The highest BCUT2D eigenvalue weighted by Gasteiger charge is 2.37. The van der Waals surface area contributed by atoms with Crippen LogP contribution in [0.15, 0.2) is 24.3 Å². The molecule has 6 heteroatoms. The van der Waals surface area contributed by atoms with Crippen LogP contribution in [0.1, 0.15) is 30.4 Å². The van der Waals surface area contributed by atoms with Gasteiger partial charge >= 0.3 is 0 Å². The summed E-state index contributed by atoms with van der Waals surface area (Å²) in [6.07, 6.45) is 1.39. The number of β-amino-alcohol motifs (C(OH)–C–C–N with tert-alkyl or cyclic N) is 1. The molecule has 0 radical (unpaired) electrons. The molecule has 0 bridgehead atoms. The number of benzene rings is 1. The molecule has 26 heavy (non-hydrogen) atoms. The minimum absolute atomic E-state index is 0.0744. The first-order valence-corrected chi connectivity index (χ1v) is 8.81. The quantitative estimate of drug-likeness (QED) is 0.916. The SMILES string of the molecule is Cc1c(C#N)c(N2CCCC(O)(CC(=O)N(C)C)C2)nc2ccccc12. The van der Waals surface area contributed by atoms with E-state index in [0.717, 1.165) is 22.9 Å². The largest absolute Gasteiger partial charge is 0.388 e. The second-order valence-electron chi connectivity index (χ2n) is 7.28. The van der Waals surface area contributed by atoms with E-state index in [0.29, 0.717) is 30.9 Å². The molecular formula is C20H24N4O2. The van der Waals surface area contributed by atoms with Gasteiger partial charge in [-0.3, -0.25) is 4.79 Å². The highest BCUT2D eigenvalue weighted by molar-refractivity contribution is 5.87. The smallest absolute Gasteiger partial charge is 0.225 e. The van der Waals surface area contributed by atoms with Gasteiger partial charge in [0.05, 0.1) is 23.1 Å². The highest BCUT2D eigenvalue weighted by Crippen LogP contribution is 2.33. The molecule has 1 atom stereocenters. The van der Waals surface area contributed by atoms with Crippen LogP contribution in [-0.4, -0.2) is 53.7 Å². The maximum atomic E-state index is 12.1. The lowest BCUT2D eigenvalue weighted by molar-refractivity contribution is -0.134. The standard InChI is InChI=1S/C20H24N4O2/c1-14-15-7-4-5-8-17(15)22-19(16(14)12-21)24-10-6-9-20(26,13-24)11-18(25)23(2)3/h4-5,7-8,26H,6,9-11,13H2,1-3H3. The predicted octanol–water partition coefficient (Wildman–Crippen LogP) is 2.22. The van der Waals surface area contributed by atoms with Crippen LogP contribution in [0, 0.1) is 18.3 Å². The van der Waals surface area contributed by atoms with Crippen LogP contribution < -0.4 is 4.90 Å². The first-order valence-electron chi connectivity index (χ1n) is 8.81. The predicted molar refractivity (Wildman–Crippen MR) is 101 cm³/mol. The second-order valence-corrected chi connectivity index (χ2v) is 7.28. The van der Waals surface area contributed by atoms with E-state index in [-0.39, 0.29) is 12.3 Å². The third-order valence-corrected chi connectivity index (χ3v) is 5.08. The Morgan fingerprint density at radius 1 is 1.42 bits per heavy atom. The Hall–Kier alpha value is -2.65. The topological polar surface area (TPSA) is 80.5 Å². The number of carbonyl (C=O) groups is 1. The van der Waals surface area contributed by atoms with Crippen molar-refractivity contribution in [3.63, 3.8) is 0 Å². The number of hydrogen-bond donors (Lipinski definition) is 1. The van der Waals surface area contributed by atoms with E-state index in [1.807, 2.05) is 36.1 Å². The van der Waals surface area contributed by atoms with E-state index in [4.69, 9.17) is 4.98 Å². The Bertz CT molecular complexity index is 887. The van der Waals surface area contributed by atoms with E-state index in [1.165, 1.54) is 4.90 Å². The Balaban J connectivity index is 1.98. The first kappa shape index (κ1) is 18.2. The van der Waals surface area contributed by atoms with Crippen LogP contribution in [0.2, 0.25) is 0 Å². The summed E-state index contributed by atoms with van der Waals surface area (Å²) >= 11 is 0. The van der Waals surface area contributed by atoms with Gasteiger partial charge in [-0.15, -0.1) is 0 Å². The molecule has 0 aliphatic carbocycles. The number of pyridine rings is 1. The fourth-order valence-corrected chi connectivity index (χ4v) is 3.60. The van der Waals surface area contributed by atoms with E-state index in [1.54, 1.807) is 14.1 Å². The number of rotatable bonds is 3. The van der Waals surface area contributed by atoms with Gasteiger partial charge in [0, 0.05) is 32.6 Å². The van der Waals surface area contributed by atoms with Crippen LogP contribution >= 0.6 is 0 Å². The Kier molecular flexibility index (Phi) is 4.84. The third kappa shape index (κ3) is 3.35.